The molecule has 6 aromatic carbocycles. The second kappa shape index (κ2) is 15.7. The largest absolute Gasteiger partial charge is 0.488 e. The third kappa shape index (κ3) is 7.97. The van der Waals surface area contributed by atoms with Gasteiger partial charge in [0, 0.05) is 29.8 Å². The Morgan fingerprint density at radius 1 is 0.684 bits per heavy atom. The number of anilines is 1. The summed E-state index contributed by atoms with van der Waals surface area (Å²) in [6, 6.07) is 43.8. The van der Waals surface area contributed by atoms with Crippen LogP contribution in [0.5, 0.6) is 5.75 Å². The van der Waals surface area contributed by atoms with E-state index in [1.165, 1.54) is 11.1 Å². The lowest BCUT2D eigenvalue weighted by Gasteiger charge is -2.35. The van der Waals surface area contributed by atoms with Gasteiger partial charge < -0.3 is 18.6 Å². The van der Waals surface area contributed by atoms with Crippen molar-refractivity contribution in [2.75, 3.05) is 18.1 Å². The first-order valence-corrected chi connectivity index (χ1v) is 20.4. The second-order valence-corrected chi connectivity index (χ2v) is 18.3. The summed E-state index contributed by atoms with van der Waals surface area (Å²) in [6.07, 6.45) is -0.443. The molecule has 6 aromatic rings. The first kappa shape index (κ1) is 38.2. The third-order valence-corrected chi connectivity index (χ3v) is 12.1. The van der Waals surface area contributed by atoms with Gasteiger partial charge in [0.2, 0.25) is 9.76 Å². The fourth-order valence-electron chi connectivity index (χ4n) is 7.92. The van der Waals surface area contributed by atoms with Gasteiger partial charge in [0.1, 0.15) is 25.6 Å². The number of hydrogen-bond donors (Lipinski definition) is 0. The molecule has 0 fully saturated rings. The van der Waals surface area contributed by atoms with Crippen molar-refractivity contribution < 1.29 is 28.2 Å². The summed E-state index contributed by atoms with van der Waals surface area (Å²) in [7, 11) is 0.218. The molecular weight excluding hydrogens is 727 g/mol. The molecule has 1 aliphatic heterocycles. The van der Waals surface area contributed by atoms with Crippen molar-refractivity contribution in [1.82, 2.24) is 0 Å². The van der Waals surface area contributed by atoms with Gasteiger partial charge in [-0.15, -0.1) is 0 Å². The topological polar surface area (TPSA) is 74.3 Å². The summed E-state index contributed by atoms with van der Waals surface area (Å²) in [5.41, 5.74) is 7.87. The van der Waals surface area contributed by atoms with Crippen LogP contribution in [0.25, 0.3) is 21.9 Å². The van der Waals surface area contributed by atoms with Crippen LogP contribution in [0.2, 0.25) is 5.04 Å². The second-order valence-electron chi connectivity index (χ2n) is 16.4. The standard InChI is InChI=1S/C49H47NO6Si/c1-48(2,3)57-56-49(4,5)42-28-50(47(52)55-31-41-37-22-14-12-20-35(37)36-21-13-15-23-38(36)41)43-27-44(53-29-32-16-8-6-9-17-32)39-25-24-34(26-40(39)45(42)43)46(51)54-30-33-18-10-7-11-19-33/h6-27,41-42H,28-31H2,1-5H3. The van der Waals surface area contributed by atoms with Gasteiger partial charge in [-0.2, -0.15) is 0 Å². The summed E-state index contributed by atoms with van der Waals surface area (Å²) in [6.45, 7) is 11.7. The molecule has 288 valence electrons. The fraction of sp³-hybridized carbons (Fsp3) is 0.265. The van der Waals surface area contributed by atoms with E-state index in [9.17, 15) is 9.59 Å². The SMILES string of the molecule is CC(C)(C)[Si]OC(C)(C)C1CN(C(=O)OCC2c3ccccc3-c3ccccc32)c2cc(OCc3ccccc3)c3ccc(C(=O)OCc4ccccc4)cc3c21. The van der Waals surface area contributed by atoms with Crippen LogP contribution < -0.4 is 9.64 Å². The average Bonchev–Trinajstić information content (AvgIpc) is 3.78. The molecule has 2 aliphatic rings. The minimum absolute atomic E-state index is 0.0575. The molecule has 8 rings (SSSR count). The number of carbonyl (C=O) groups is 2. The van der Waals surface area contributed by atoms with E-state index in [4.69, 9.17) is 18.6 Å². The highest BCUT2D eigenvalue weighted by molar-refractivity contribution is 6.31. The number of amides is 1. The Morgan fingerprint density at radius 3 is 1.91 bits per heavy atom. The molecule has 0 bridgehead atoms. The molecule has 8 heteroatoms. The average molecular weight is 774 g/mol. The lowest BCUT2D eigenvalue weighted by atomic mass is 9.83. The molecule has 0 spiro atoms. The van der Waals surface area contributed by atoms with Crippen molar-refractivity contribution in [3.8, 4) is 16.9 Å². The molecule has 1 aliphatic carbocycles. The predicted octanol–water partition coefficient (Wildman–Crippen LogP) is 11.3. The van der Waals surface area contributed by atoms with E-state index >= 15 is 0 Å². The molecule has 7 nitrogen and oxygen atoms in total. The quantitative estimate of drug-likeness (QED) is 0.0964. The molecule has 0 saturated heterocycles. The zero-order valence-electron chi connectivity index (χ0n) is 33.1. The molecule has 1 unspecified atom stereocenters. The number of hydrogen-bond acceptors (Lipinski definition) is 6. The van der Waals surface area contributed by atoms with E-state index in [1.54, 1.807) is 11.0 Å². The summed E-state index contributed by atoms with van der Waals surface area (Å²) >= 11 is 0. The molecular formula is C49H47NO6Si. The van der Waals surface area contributed by atoms with Crippen LogP contribution in [0.4, 0.5) is 10.5 Å². The van der Waals surface area contributed by atoms with Gasteiger partial charge in [0.05, 0.1) is 16.9 Å². The van der Waals surface area contributed by atoms with Crippen molar-refractivity contribution in [2.45, 2.75) is 70.3 Å². The molecule has 1 atom stereocenters. The lowest BCUT2D eigenvalue weighted by Crippen LogP contribution is -2.40. The zero-order valence-corrected chi connectivity index (χ0v) is 34.1. The summed E-state index contributed by atoms with van der Waals surface area (Å²) in [4.78, 5) is 29.9. The summed E-state index contributed by atoms with van der Waals surface area (Å²) in [5, 5.41) is 1.58. The smallest absolute Gasteiger partial charge is 0.414 e. The highest BCUT2D eigenvalue weighted by Gasteiger charge is 2.45. The fourth-order valence-corrected chi connectivity index (χ4v) is 8.63. The van der Waals surface area contributed by atoms with E-state index in [0.717, 1.165) is 38.6 Å². The van der Waals surface area contributed by atoms with Crippen LogP contribution in [0.1, 0.15) is 84.6 Å². The molecule has 1 heterocycles. The van der Waals surface area contributed by atoms with Gasteiger partial charge in [-0.05, 0) is 81.4 Å². The van der Waals surface area contributed by atoms with Crippen molar-refractivity contribution in [3.05, 3.63) is 167 Å². The molecule has 1 amide bonds. The van der Waals surface area contributed by atoms with Gasteiger partial charge in [-0.25, -0.2) is 9.59 Å². The Labute approximate surface area is 337 Å². The third-order valence-electron chi connectivity index (χ3n) is 10.8. The van der Waals surface area contributed by atoms with Gasteiger partial charge in [0.25, 0.3) is 0 Å². The van der Waals surface area contributed by atoms with Crippen molar-refractivity contribution in [3.63, 3.8) is 0 Å². The van der Waals surface area contributed by atoms with Crippen molar-refractivity contribution in [2.24, 2.45) is 0 Å². The van der Waals surface area contributed by atoms with Gasteiger partial charge in [-0.3, -0.25) is 4.90 Å². The Bertz CT molecular complexity index is 2380. The number of nitrogens with zero attached hydrogens (tertiary/aromatic N) is 1. The number of carbonyl (C=O) groups excluding carboxylic acids is 2. The minimum atomic E-state index is -0.692. The Hall–Kier alpha value is -5.70. The first-order chi connectivity index (χ1) is 27.5. The number of rotatable bonds is 11. The van der Waals surface area contributed by atoms with E-state index in [-0.39, 0.29) is 39.9 Å². The number of esters is 1. The van der Waals surface area contributed by atoms with E-state index in [0.29, 0.717) is 30.2 Å². The Morgan fingerprint density at radius 2 is 1.28 bits per heavy atom. The van der Waals surface area contributed by atoms with Crippen LogP contribution in [0, 0.1) is 0 Å². The number of ether oxygens (including phenoxy) is 3. The maximum absolute atomic E-state index is 14.5. The molecule has 0 N–H and O–H groups in total. The molecule has 57 heavy (non-hydrogen) atoms. The minimum Gasteiger partial charge on any atom is -0.488 e. The number of fused-ring (bicyclic) bond motifs is 6. The highest BCUT2D eigenvalue weighted by Crippen LogP contribution is 2.51. The summed E-state index contributed by atoms with van der Waals surface area (Å²) in [5.74, 6) is -0.177. The Balaban J connectivity index is 1.19. The normalized spacial score (nSPS) is 14.9. The van der Waals surface area contributed by atoms with Crippen LogP contribution >= 0.6 is 0 Å². The molecule has 0 saturated carbocycles. The highest BCUT2D eigenvalue weighted by atomic mass is 28.2. The number of benzene rings is 6. The van der Waals surface area contributed by atoms with Crippen molar-refractivity contribution in [1.29, 1.82) is 0 Å². The van der Waals surface area contributed by atoms with Gasteiger partial charge >= 0.3 is 12.1 Å². The van der Waals surface area contributed by atoms with E-state index in [1.807, 2.05) is 103 Å². The summed E-state index contributed by atoms with van der Waals surface area (Å²) < 4.78 is 25.4. The zero-order chi connectivity index (χ0) is 39.7. The Kier molecular flexibility index (Phi) is 10.5. The van der Waals surface area contributed by atoms with E-state index in [2.05, 4.69) is 58.9 Å². The molecule has 2 radical (unpaired) electrons. The predicted molar refractivity (Wildman–Crippen MR) is 226 cm³/mol. The van der Waals surface area contributed by atoms with Gasteiger partial charge in [-0.1, -0.05) is 130 Å². The monoisotopic (exact) mass is 773 g/mol. The molecule has 0 aromatic heterocycles. The van der Waals surface area contributed by atoms with Crippen LogP contribution in [-0.4, -0.2) is 40.6 Å². The van der Waals surface area contributed by atoms with Crippen molar-refractivity contribution >= 4 is 38.3 Å². The first-order valence-electron chi connectivity index (χ1n) is 19.5. The van der Waals surface area contributed by atoms with Crippen LogP contribution in [0.3, 0.4) is 0 Å². The maximum Gasteiger partial charge on any atom is 0.414 e. The van der Waals surface area contributed by atoms with E-state index < -0.39 is 17.7 Å². The lowest BCUT2D eigenvalue weighted by molar-refractivity contribution is 0.0473. The van der Waals surface area contributed by atoms with Crippen LogP contribution in [-0.2, 0) is 27.1 Å². The van der Waals surface area contributed by atoms with Crippen LogP contribution in [0.15, 0.2) is 133 Å². The van der Waals surface area contributed by atoms with Gasteiger partial charge in [0.15, 0.2) is 0 Å². The maximum atomic E-state index is 14.5.